The number of hydrogen-bond acceptors (Lipinski definition) is 4. The Morgan fingerprint density at radius 1 is 1.05 bits per heavy atom. The number of hydrogen-bond donors (Lipinski definition) is 2. The molecule has 7 heteroatoms. The second-order valence-electron chi connectivity index (χ2n) is 4.06. The van der Waals surface area contributed by atoms with E-state index in [1.165, 1.54) is 0 Å². The summed E-state index contributed by atoms with van der Waals surface area (Å²) in [6, 6.07) is 7.00. The summed E-state index contributed by atoms with van der Waals surface area (Å²) in [4.78, 5) is 8.38. The van der Waals surface area contributed by atoms with E-state index < -0.39 is 0 Å². The van der Waals surface area contributed by atoms with Gasteiger partial charge < -0.3 is 5.73 Å². The van der Waals surface area contributed by atoms with Crippen molar-refractivity contribution in [2.45, 2.75) is 0 Å². The van der Waals surface area contributed by atoms with Crippen molar-refractivity contribution in [3.05, 3.63) is 46.7 Å². The van der Waals surface area contributed by atoms with Crippen LogP contribution in [0.4, 0.5) is 5.82 Å². The number of nitrogen functional groups attached to an aromatic ring is 1. The molecule has 0 bridgehead atoms. The molecule has 0 radical (unpaired) electrons. The van der Waals surface area contributed by atoms with Gasteiger partial charge in [0.2, 0.25) is 0 Å². The standard InChI is InChI=1S/C13H9Cl2N5/c14-8-3-2-7(6-9(8)15)10-11(19-20-12(10)16)13-17-4-1-5-18-13/h1-6H,(H3,16,19,20). The van der Waals surface area contributed by atoms with Crippen molar-refractivity contribution in [2.75, 3.05) is 5.73 Å². The topological polar surface area (TPSA) is 80.5 Å². The summed E-state index contributed by atoms with van der Waals surface area (Å²) >= 11 is 12.0. The Bertz CT molecular complexity index is 755. The number of nitrogens with two attached hydrogens (primary N) is 1. The zero-order valence-electron chi connectivity index (χ0n) is 10.1. The largest absolute Gasteiger partial charge is 0.382 e. The van der Waals surface area contributed by atoms with Crippen LogP contribution in [0.1, 0.15) is 0 Å². The van der Waals surface area contributed by atoms with Gasteiger partial charge in [0.1, 0.15) is 5.69 Å². The van der Waals surface area contributed by atoms with Crippen LogP contribution in [0.5, 0.6) is 0 Å². The van der Waals surface area contributed by atoms with Crippen LogP contribution in [0.2, 0.25) is 10.0 Å². The maximum absolute atomic E-state index is 6.05. The molecule has 2 aromatic heterocycles. The summed E-state index contributed by atoms with van der Waals surface area (Å²) in [5, 5.41) is 7.80. The average molecular weight is 306 g/mol. The van der Waals surface area contributed by atoms with Gasteiger partial charge in [-0.25, -0.2) is 9.97 Å². The first-order valence-electron chi connectivity index (χ1n) is 5.73. The number of H-pyrrole nitrogens is 1. The third-order valence-corrected chi connectivity index (χ3v) is 3.53. The van der Waals surface area contributed by atoms with E-state index >= 15 is 0 Å². The third kappa shape index (κ3) is 2.21. The molecule has 0 aliphatic rings. The number of halogens is 2. The molecule has 0 aliphatic heterocycles. The highest BCUT2D eigenvalue weighted by molar-refractivity contribution is 6.42. The van der Waals surface area contributed by atoms with E-state index in [9.17, 15) is 0 Å². The van der Waals surface area contributed by atoms with Crippen LogP contribution in [0.25, 0.3) is 22.6 Å². The van der Waals surface area contributed by atoms with Crippen LogP contribution in [0, 0.1) is 0 Å². The first kappa shape index (κ1) is 12.9. The quantitative estimate of drug-likeness (QED) is 0.760. The first-order valence-corrected chi connectivity index (χ1v) is 6.49. The Hall–Kier alpha value is -2.11. The molecule has 20 heavy (non-hydrogen) atoms. The Kier molecular flexibility index (Phi) is 3.30. The molecule has 5 nitrogen and oxygen atoms in total. The van der Waals surface area contributed by atoms with Gasteiger partial charge in [0.05, 0.1) is 15.6 Å². The molecule has 0 amide bonds. The maximum atomic E-state index is 6.05. The lowest BCUT2D eigenvalue weighted by Crippen LogP contribution is -1.91. The number of anilines is 1. The highest BCUT2D eigenvalue weighted by Crippen LogP contribution is 2.35. The van der Waals surface area contributed by atoms with Crippen LogP contribution in [-0.2, 0) is 0 Å². The Morgan fingerprint density at radius 2 is 1.80 bits per heavy atom. The van der Waals surface area contributed by atoms with Gasteiger partial charge in [0.15, 0.2) is 11.6 Å². The van der Waals surface area contributed by atoms with Crippen LogP contribution in [0.3, 0.4) is 0 Å². The summed E-state index contributed by atoms with van der Waals surface area (Å²) in [5.74, 6) is 0.864. The number of nitrogens with zero attached hydrogens (tertiary/aromatic N) is 3. The molecule has 0 spiro atoms. The molecule has 0 saturated heterocycles. The normalized spacial score (nSPS) is 10.7. The predicted molar refractivity (Wildman–Crippen MR) is 79.5 cm³/mol. The fourth-order valence-electron chi connectivity index (χ4n) is 1.89. The van der Waals surface area contributed by atoms with Gasteiger partial charge in [-0.05, 0) is 23.8 Å². The van der Waals surface area contributed by atoms with E-state index in [2.05, 4.69) is 20.2 Å². The molecule has 0 fully saturated rings. The second kappa shape index (κ2) is 5.11. The number of aromatic nitrogens is 4. The summed E-state index contributed by atoms with van der Waals surface area (Å²) in [6.45, 7) is 0. The van der Waals surface area contributed by atoms with Gasteiger partial charge in [-0.15, -0.1) is 0 Å². The van der Waals surface area contributed by atoms with Gasteiger partial charge >= 0.3 is 0 Å². The fraction of sp³-hybridized carbons (Fsp3) is 0. The molecule has 2 heterocycles. The fourth-order valence-corrected chi connectivity index (χ4v) is 2.19. The summed E-state index contributed by atoms with van der Waals surface area (Å²) < 4.78 is 0. The van der Waals surface area contributed by atoms with E-state index in [0.29, 0.717) is 32.9 Å². The number of nitrogens with one attached hydrogen (secondary N) is 1. The summed E-state index contributed by atoms with van der Waals surface area (Å²) in [5.41, 5.74) is 8.07. The molecule has 3 aromatic rings. The molecule has 1 aromatic carbocycles. The minimum absolute atomic E-state index is 0.353. The molecule has 0 atom stereocenters. The van der Waals surface area contributed by atoms with Gasteiger partial charge in [-0.3, -0.25) is 5.10 Å². The Balaban J connectivity index is 2.19. The molecule has 0 aliphatic carbocycles. The van der Waals surface area contributed by atoms with E-state index in [1.807, 2.05) is 6.07 Å². The molecule has 0 saturated carbocycles. The van der Waals surface area contributed by atoms with E-state index in [4.69, 9.17) is 28.9 Å². The Morgan fingerprint density at radius 3 is 2.50 bits per heavy atom. The lowest BCUT2D eigenvalue weighted by Gasteiger charge is -2.05. The number of rotatable bonds is 2. The van der Waals surface area contributed by atoms with Crippen molar-refractivity contribution < 1.29 is 0 Å². The van der Waals surface area contributed by atoms with Crippen molar-refractivity contribution in [1.29, 1.82) is 0 Å². The van der Waals surface area contributed by atoms with Crippen molar-refractivity contribution in [2.24, 2.45) is 0 Å². The van der Waals surface area contributed by atoms with Crippen LogP contribution in [-0.4, -0.2) is 20.2 Å². The van der Waals surface area contributed by atoms with Crippen molar-refractivity contribution >= 4 is 29.0 Å². The van der Waals surface area contributed by atoms with Gasteiger partial charge in [0.25, 0.3) is 0 Å². The summed E-state index contributed by atoms with van der Waals surface area (Å²) in [6.07, 6.45) is 3.30. The molecular formula is C13H9Cl2N5. The Labute approximate surface area is 124 Å². The number of benzene rings is 1. The molecule has 3 rings (SSSR count). The van der Waals surface area contributed by atoms with E-state index in [-0.39, 0.29) is 0 Å². The molecule has 3 N–H and O–H groups in total. The van der Waals surface area contributed by atoms with Gasteiger partial charge in [-0.1, -0.05) is 29.3 Å². The molecular weight excluding hydrogens is 297 g/mol. The highest BCUT2D eigenvalue weighted by Gasteiger charge is 2.17. The smallest absolute Gasteiger partial charge is 0.178 e. The summed E-state index contributed by atoms with van der Waals surface area (Å²) in [7, 11) is 0. The average Bonchev–Trinajstić information content (AvgIpc) is 2.85. The van der Waals surface area contributed by atoms with E-state index in [1.54, 1.807) is 30.6 Å². The third-order valence-electron chi connectivity index (χ3n) is 2.79. The molecule has 0 unspecified atom stereocenters. The molecule has 100 valence electrons. The lowest BCUT2D eigenvalue weighted by molar-refractivity contribution is 1.07. The zero-order chi connectivity index (χ0) is 14.1. The number of aromatic amines is 1. The van der Waals surface area contributed by atoms with Crippen molar-refractivity contribution in [3.63, 3.8) is 0 Å². The van der Waals surface area contributed by atoms with Crippen LogP contribution < -0.4 is 5.73 Å². The zero-order valence-corrected chi connectivity index (χ0v) is 11.7. The van der Waals surface area contributed by atoms with Gasteiger partial charge in [-0.2, -0.15) is 5.10 Å². The highest BCUT2D eigenvalue weighted by atomic mass is 35.5. The SMILES string of the molecule is Nc1n[nH]c(-c2ncccn2)c1-c1ccc(Cl)c(Cl)c1. The minimum atomic E-state index is 0.353. The van der Waals surface area contributed by atoms with Crippen LogP contribution >= 0.6 is 23.2 Å². The minimum Gasteiger partial charge on any atom is -0.382 e. The maximum Gasteiger partial charge on any atom is 0.178 e. The lowest BCUT2D eigenvalue weighted by atomic mass is 10.1. The van der Waals surface area contributed by atoms with Gasteiger partial charge in [0, 0.05) is 12.4 Å². The monoisotopic (exact) mass is 305 g/mol. The predicted octanol–water partition coefficient (Wildman–Crippen LogP) is 3.42. The first-order chi connectivity index (χ1) is 9.66. The second-order valence-corrected chi connectivity index (χ2v) is 4.87. The van der Waals surface area contributed by atoms with E-state index in [0.717, 1.165) is 5.56 Å². The van der Waals surface area contributed by atoms with Crippen LogP contribution in [0.15, 0.2) is 36.7 Å². The van der Waals surface area contributed by atoms with Crippen molar-refractivity contribution in [3.8, 4) is 22.6 Å². The van der Waals surface area contributed by atoms with Crippen molar-refractivity contribution in [1.82, 2.24) is 20.2 Å².